The first-order valence-corrected chi connectivity index (χ1v) is 7.23. The van der Waals surface area contributed by atoms with Gasteiger partial charge in [-0.3, -0.25) is 4.79 Å². The van der Waals surface area contributed by atoms with Gasteiger partial charge >= 0.3 is 5.97 Å². The van der Waals surface area contributed by atoms with Crippen LogP contribution in [0.15, 0.2) is 0 Å². The lowest BCUT2D eigenvalue weighted by molar-refractivity contribution is -0.155. The second-order valence-electron chi connectivity index (χ2n) is 5.63. The van der Waals surface area contributed by atoms with Crippen molar-refractivity contribution in [3.8, 4) is 0 Å². The average molecular weight is 269 g/mol. The molecule has 2 aliphatic rings. The molecule has 2 fully saturated rings. The van der Waals surface area contributed by atoms with Crippen molar-refractivity contribution in [2.24, 2.45) is 5.92 Å². The van der Waals surface area contributed by atoms with E-state index in [-0.39, 0.29) is 12.5 Å². The number of carboxylic acids is 1. The Hall–Kier alpha value is -1.10. The van der Waals surface area contributed by atoms with Crippen LogP contribution < -0.4 is 0 Å². The van der Waals surface area contributed by atoms with Gasteiger partial charge < -0.3 is 14.7 Å². The van der Waals surface area contributed by atoms with Gasteiger partial charge in [-0.05, 0) is 38.5 Å². The normalized spacial score (nSPS) is 28.6. The zero-order valence-electron chi connectivity index (χ0n) is 11.5. The fourth-order valence-electron chi connectivity index (χ4n) is 3.28. The highest BCUT2D eigenvalue weighted by atomic mass is 16.5. The largest absolute Gasteiger partial charge is 0.479 e. The van der Waals surface area contributed by atoms with E-state index >= 15 is 0 Å². The minimum Gasteiger partial charge on any atom is -0.479 e. The van der Waals surface area contributed by atoms with E-state index in [1.54, 1.807) is 0 Å². The number of likely N-dealkylation sites (tertiary alicyclic amines) is 1. The summed E-state index contributed by atoms with van der Waals surface area (Å²) in [6.45, 7) is 2.14. The number of carboxylic acid groups (broad SMARTS) is 1. The van der Waals surface area contributed by atoms with Crippen LogP contribution in [0.25, 0.3) is 0 Å². The first-order valence-electron chi connectivity index (χ1n) is 7.23. The Balaban J connectivity index is 1.88. The van der Waals surface area contributed by atoms with Crippen molar-refractivity contribution in [2.75, 3.05) is 13.2 Å². The first kappa shape index (κ1) is 14.3. The molecular formula is C14H23NO4. The van der Waals surface area contributed by atoms with Gasteiger partial charge in [-0.25, -0.2) is 4.79 Å². The summed E-state index contributed by atoms with van der Waals surface area (Å²) >= 11 is 0. The summed E-state index contributed by atoms with van der Waals surface area (Å²) in [5, 5.41) is 8.74. The molecule has 2 rings (SSSR count). The van der Waals surface area contributed by atoms with Gasteiger partial charge in [-0.15, -0.1) is 0 Å². The number of fused-ring (bicyclic) bond motifs is 1. The summed E-state index contributed by atoms with van der Waals surface area (Å²) < 4.78 is 5.11. The number of amides is 1. The minimum atomic E-state index is -1.03. The van der Waals surface area contributed by atoms with Gasteiger partial charge in [0.15, 0.2) is 6.10 Å². The standard InChI is InChI=1S/C14H23NO4/c1-10(14(17)18)19-9-13(16)15-8-4-6-11-5-2-3-7-12(11)15/h10-12H,2-9H2,1H3,(H,17,18). The molecule has 1 amide bonds. The summed E-state index contributed by atoms with van der Waals surface area (Å²) in [4.78, 5) is 24.8. The summed E-state index contributed by atoms with van der Waals surface area (Å²) in [6, 6.07) is 0.360. The third-order valence-electron chi connectivity index (χ3n) is 4.37. The maximum absolute atomic E-state index is 12.2. The Morgan fingerprint density at radius 3 is 2.68 bits per heavy atom. The molecule has 5 nitrogen and oxygen atoms in total. The molecule has 108 valence electrons. The van der Waals surface area contributed by atoms with Crippen LogP contribution in [0.3, 0.4) is 0 Å². The molecule has 19 heavy (non-hydrogen) atoms. The lowest BCUT2D eigenvalue weighted by Gasteiger charge is -2.44. The van der Waals surface area contributed by atoms with Crippen LogP contribution in [0.4, 0.5) is 0 Å². The highest BCUT2D eigenvalue weighted by Gasteiger charge is 2.35. The van der Waals surface area contributed by atoms with Gasteiger partial charge in [0.25, 0.3) is 0 Å². The average Bonchev–Trinajstić information content (AvgIpc) is 2.43. The van der Waals surface area contributed by atoms with Crippen LogP contribution in [0.5, 0.6) is 0 Å². The van der Waals surface area contributed by atoms with Crippen molar-refractivity contribution >= 4 is 11.9 Å². The van der Waals surface area contributed by atoms with Crippen molar-refractivity contribution in [1.82, 2.24) is 4.90 Å². The topological polar surface area (TPSA) is 66.8 Å². The Morgan fingerprint density at radius 2 is 1.95 bits per heavy atom. The molecule has 1 N–H and O–H groups in total. The van der Waals surface area contributed by atoms with Gasteiger partial charge in [-0.2, -0.15) is 0 Å². The predicted molar refractivity (Wildman–Crippen MR) is 69.7 cm³/mol. The maximum Gasteiger partial charge on any atom is 0.332 e. The molecule has 5 heteroatoms. The van der Waals surface area contributed by atoms with Crippen LogP contribution >= 0.6 is 0 Å². The molecule has 0 bridgehead atoms. The highest BCUT2D eigenvalue weighted by molar-refractivity contribution is 5.79. The fourth-order valence-corrected chi connectivity index (χ4v) is 3.28. The number of nitrogens with zero attached hydrogens (tertiary/aromatic N) is 1. The lowest BCUT2D eigenvalue weighted by Crippen LogP contribution is -2.51. The van der Waals surface area contributed by atoms with E-state index in [0.717, 1.165) is 19.4 Å². The van der Waals surface area contributed by atoms with Crippen molar-refractivity contribution in [3.63, 3.8) is 0 Å². The van der Waals surface area contributed by atoms with Gasteiger partial charge in [-0.1, -0.05) is 12.8 Å². The summed E-state index contributed by atoms with van der Waals surface area (Å²) in [5.41, 5.74) is 0. The molecule has 1 aliphatic carbocycles. The zero-order chi connectivity index (χ0) is 13.8. The molecule has 1 heterocycles. The number of rotatable bonds is 4. The van der Waals surface area contributed by atoms with Crippen molar-refractivity contribution in [3.05, 3.63) is 0 Å². The Kier molecular flexibility index (Phi) is 4.80. The minimum absolute atomic E-state index is 0.0512. The van der Waals surface area contributed by atoms with E-state index in [1.165, 1.54) is 32.6 Å². The molecule has 3 atom stereocenters. The molecule has 1 saturated carbocycles. The molecule has 0 radical (unpaired) electrons. The summed E-state index contributed by atoms with van der Waals surface area (Å²) in [5.74, 6) is -0.435. The van der Waals surface area contributed by atoms with Gasteiger partial charge in [0, 0.05) is 12.6 Å². The monoisotopic (exact) mass is 269 g/mol. The molecule has 1 saturated heterocycles. The van der Waals surface area contributed by atoms with E-state index in [4.69, 9.17) is 9.84 Å². The predicted octanol–water partition coefficient (Wildman–Crippen LogP) is 1.66. The SMILES string of the molecule is CC(OCC(=O)N1CCCC2CCCCC21)C(=O)O. The summed E-state index contributed by atoms with van der Waals surface area (Å²) in [6.07, 6.45) is 6.14. The van der Waals surface area contributed by atoms with E-state index in [9.17, 15) is 9.59 Å². The van der Waals surface area contributed by atoms with E-state index < -0.39 is 12.1 Å². The van der Waals surface area contributed by atoms with Gasteiger partial charge in [0.05, 0.1) is 0 Å². The third-order valence-corrected chi connectivity index (χ3v) is 4.37. The third kappa shape index (κ3) is 3.47. The molecule has 0 aromatic rings. The smallest absolute Gasteiger partial charge is 0.332 e. The number of ether oxygens (including phenoxy) is 1. The number of piperidine rings is 1. The van der Waals surface area contributed by atoms with Crippen molar-refractivity contribution in [2.45, 2.75) is 57.6 Å². The zero-order valence-corrected chi connectivity index (χ0v) is 11.5. The number of hydrogen-bond donors (Lipinski definition) is 1. The summed E-state index contributed by atoms with van der Waals surface area (Å²) in [7, 11) is 0. The highest BCUT2D eigenvalue weighted by Crippen LogP contribution is 2.35. The van der Waals surface area contributed by atoms with Crippen molar-refractivity contribution in [1.29, 1.82) is 0 Å². The molecule has 3 unspecified atom stereocenters. The number of carbonyl (C=O) groups excluding carboxylic acids is 1. The number of hydrogen-bond acceptors (Lipinski definition) is 3. The molecular weight excluding hydrogens is 246 g/mol. The molecule has 0 aromatic carbocycles. The van der Waals surface area contributed by atoms with Crippen molar-refractivity contribution < 1.29 is 19.4 Å². The Bertz CT molecular complexity index is 342. The van der Waals surface area contributed by atoms with Crippen LogP contribution in [0, 0.1) is 5.92 Å². The van der Waals surface area contributed by atoms with Gasteiger partial charge in [0.2, 0.25) is 5.91 Å². The van der Waals surface area contributed by atoms with E-state index in [0.29, 0.717) is 12.0 Å². The van der Waals surface area contributed by atoms with Gasteiger partial charge in [0.1, 0.15) is 6.61 Å². The van der Waals surface area contributed by atoms with E-state index in [1.807, 2.05) is 4.90 Å². The van der Waals surface area contributed by atoms with Crippen LogP contribution in [0.2, 0.25) is 0 Å². The lowest BCUT2D eigenvalue weighted by atomic mass is 9.78. The molecule has 0 spiro atoms. The van der Waals surface area contributed by atoms with E-state index in [2.05, 4.69) is 0 Å². The van der Waals surface area contributed by atoms with Crippen LogP contribution in [-0.2, 0) is 14.3 Å². The quantitative estimate of drug-likeness (QED) is 0.843. The Labute approximate surface area is 113 Å². The first-order chi connectivity index (χ1) is 9.09. The second-order valence-corrected chi connectivity index (χ2v) is 5.63. The second kappa shape index (κ2) is 6.37. The Morgan fingerprint density at radius 1 is 1.26 bits per heavy atom. The number of carbonyl (C=O) groups is 2. The van der Waals surface area contributed by atoms with Crippen LogP contribution in [0.1, 0.15) is 45.4 Å². The van der Waals surface area contributed by atoms with Crippen LogP contribution in [-0.4, -0.2) is 47.2 Å². The maximum atomic E-state index is 12.2. The molecule has 1 aliphatic heterocycles. The number of aliphatic carboxylic acids is 1. The molecule has 0 aromatic heterocycles. The fraction of sp³-hybridized carbons (Fsp3) is 0.857.